The van der Waals surface area contributed by atoms with Gasteiger partial charge in [-0.25, -0.2) is 8.78 Å². The summed E-state index contributed by atoms with van der Waals surface area (Å²) in [5.74, 6) is -1.23. The van der Waals surface area contributed by atoms with Gasteiger partial charge in [0.2, 0.25) is 0 Å². The van der Waals surface area contributed by atoms with Gasteiger partial charge in [0.05, 0.1) is 0 Å². The molecule has 2 aromatic carbocycles. The Kier molecular flexibility index (Phi) is 3.22. The molecule has 2 aromatic rings. The maximum Gasteiger partial charge on any atom is 0.491 e. The third-order valence-electron chi connectivity index (χ3n) is 2.46. The highest BCUT2D eigenvalue weighted by Gasteiger charge is 2.17. The molecule has 0 saturated heterocycles. The van der Waals surface area contributed by atoms with E-state index in [1.54, 1.807) is 12.1 Å². The summed E-state index contributed by atoms with van der Waals surface area (Å²) < 4.78 is 26.9. The van der Waals surface area contributed by atoms with E-state index in [1.807, 2.05) is 0 Å². The van der Waals surface area contributed by atoms with Crippen LogP contribution in [0.3, 0.4) is 0 Å². The highest BCUT2D eigenvalue weighted by atomic mass is 19.1. The van der Waals surface area contributed by atoms with E-state index >= 15 is 0 Å². The molecule has 0 amide bonds. The van der Waals surface area contributed by atoms with Crippen LogP contribution in [-0.2, 0) is 0 Å². The molecular weight excluding hydrogens is 225 g/mol. The van der Waals surface area contributed by atoms with E-state index in [0.29, 0.717) is 5.56 Å². The Bertz CT molecular complexity index is 544. The molecule has 0 aliphatic rings. The molecule has 0 fully saturated rings. The van der Waals surface area contributed by atoms with Crippen LogP contribution in [0.25, 0.3) is 11.1 Å². The molecule has 86 valence electrons. The van der Waals surface area contributed by atoms with Crippen LogP contribution in [0, 0.1) is 11.6 Å². The van der Waals surface area contributed by atoms with E-state index in [-0.39, 0.29) is 11.0 Å². The van der Waals surface area contributed by atoms with Gasteiger partial charge in [0, 0.05) is 11.0 Å². The van der Waals surface area contributed by atoms with Gasteiger partial charge >= 0.3 is 7.12 Å². The molecule has 0 spiro atoms. The zero-order chi connectivity index (χ0) is 12.4. The van der Waals surface area contributed by atoms with E-state index in [0.717, 1.165) is 6.07 Å². The molecule has 0 saturated carbocycles. The second kappa shape index (κ2) is 4.65. The number of benzene rings is 2. The number of hydrogen-bond donors (Lipinski definition) is 2. The summed E-state index contributed by atoms with van der Waals surface area (Å²) >= 11 is 0. The van der Waals surface area contributed by atoms with E-state index < -0.39 is 18.8 Å². The average molecular weight is 234 g/mol. The molecule has 0 aliphatic carbocycles. The van der Waals surface area contributed by atoms with Gasteiger partial charge in [-0.2, -0.15) is 0 Å². The van der Waals surface area contributed by atoms with Crippen LogP contribution in [0.1, 0.15) is 0 Å². The summed E-state index contributed by atoms with van der Waals surface area (Å²) in [5, 5.41) is 17.7. The maximum absolute atomic E-state index is 13.5. The molecule has 2 N–H and O–H groups in total. The fraction of sp³-hybridized carbons (Fsp3) is 0. The lowest BCUT2D eigenvalue weighted by atomic mass is 9.79. The minimum Gasteiger partial charge on any atom is -0.423 e. The van der Waals surface area contributed by atoms with Crippen molar-refractivity contribution in [3.8, 4) is 11.1 Å². The molecular formula is C12H9BF2O2. The first-order valence-corrected chi connectivity index (χ1v) is 5.00. The van der Waals surface area contributed by atoms with Gasteiger partial charge in [-0.05, 0) is 17.7 Å². The second-order valence-corrected chi connectivity index (χ2v) is 3.59. The Morgan fingerprint density at radius 1 is 0.882 bits per heavy atom. The van der Waals surface area contributed by atoms with E-state index in [4.69, 9.17) is 10.0 Å². The Morgan fingerprint density at radius 2 is 1.59 bits per heavy atom. The molecule has 0 aliphatic heterocycles. The van der Waals surface area contributed by atoms with Gasteiger partial charge in [-0.15, -0.1) is 0 Å². The van der Waals surface area contributed by atoms with E-state index in [2.05, 4.69) is 0 Å². The van der Waals surface area contributed by atoms with Gasteiger partial charge in [0.15, 0.2) is 0 Å². The molecule has 0 radical (unpaired) electrons. The van der Waals surface area contributed by atoms with Crippen molar-refractivity contribution in [2.45, 2.75) is 0 Å². The molecule has 0 heterocycles. The molecule has 0 unspecified atom stereocenters. The van der Waals surface area contributed by atoms with Gasteiger partial charge < -0.3 is 10.0 Å². The predicted molar refractivity (Wildman–Crippen MR) is 61.6 cm³/mol. The van der Waals surface area contributed by atoms with Crippen LogP contribution in [0.2, 0.25) is 0 Å². The lowest BCUT2D eigenvalue weighted by Crippen LogP contribution is -2.32. The fourth-order valence-electron chi connectivity index (χ4n) is 1.60. The first kappa shape index (κ1) is 11.8. The van der Waals surface area contributed by atoms with Crippen LogP contribution in [0.4, 0.5) is 8.78 Å². The first-order valence-electron chi connectivity index (χ1n) is 5.00. The van der Waals surface area contributed by atoms with E-state index in [9.17, 15) is 8.78 Å². The standard InChI is InChI=1S/C12H9BF2O2/c14-11-4-2-1-3-9(11)8-5-6-10(13(16)17)12(15)7-8/h1-7,16-17H. The Morgan fingerprint density at radius 3 is 2.18 bits per heavy atom. The van der Waals surface area contributed by atoms with Crippen LogP contribution in [-0.4, -0.2) is 17.2 Å². The summed E-state index contributed by atoms with van der Waals surface area (Å²) in [5.41, 5.74) is 0.389. The monoisotopic (exact) mass is 234 g/mol. The molecule has 2 rings (SSSR count). The van der Waals surface area contributed by atoms with Crippen LogP contribution < -0.4 is 5.46 Å². The van der Waals surface area contributed by atoms with Gasteiger partial charge in [0.1, 0.15) is 11.6 Å². The smallest absolute Gasteiger partial charge is 0.423 e. The molecule has 0 bridgehead atoms. The summed E-state index contributed by atoms with van der Waals surface area (Å²) in [7, 11) is -1.87. The Hall–Kier alpha value is -1.72. The number of rotatable bonds is 2. The predicted octanol–water partition coefficient (Wildman–Crippen LogP) is 1.31. The quantitative estimate of drug-likeness (QED) is 0.769. The summed E-state index contributed by atoms with van der Waals surface area (Å²) in [6.07, 6.45) is 0. The topological polar surface area (TPSA) is 40.5 Å². The fourth-order valence-corrected chi connectivity index (χ4v) is 1.60. The van der Waals surface area contributed by atoms with Gasteiger partial charge in [0.25, 0.3) is 0 Å². The van der Waals surface area contributed by atoms with Crippen molar-refractivity contribution < 1.29 is 18.8 Å². The highest BCUT2D eigenvalue weighted by Crippen LogP contribution is 2.22. The van der Waals surface area contributed by atoms with Crippen molar-refractivity contribution in [1.82, 2.24) is 0 Å². The van der Waals surface area contributed by atoms with Crippen LogP contribution in [0.5, 0.6) is 0 Å². The van der Waals surface area contributed by atoms with Crippen molar-refractivity contribution in [1.29, 1.82) is 0 Å². The van der Waals surface area contributed by atoms with Crippen molar-refractivity contribution in [3.63, 3.8) is 0 Å². The Balaban J connectivity index is 2.49. The minimum atomic E-state index is -1.87. The van der Waals surface area contributed by atoms with Crippen molar-refractivity contribution in [3.05, 3.63) is 54.1 Å². The largest absolute Gasteiger partial charge is 0.491 e. The molecule has 2 nitrogen and oxygen atoms in total. The van der Waals surface area contributed by atoms with Gasteiger partial charge in [-0.1, -0.05) is 30.3 Å². The zero-order valence-corrected chi connectivity index (χ0v) is 8.77. The molecule has 5 heteroatoms. The number of halogens is 2. The van der Waals surface area contributed by atoms with E-state index in [1.165, 1.54) is 24.3 Å². The third kappa shape index (κ3) is 2.35. The summed E-state index contributed by atoms with van der Waals surface area (Å²) in [4.78, 5) is 0. The molecule has 17 heavy (non-hydrogen) atoms. The normalized spacial score (nSPS) is 10.4. The molecule has 0 aromatic heterocycles. The summed E-state index contributed by atoms with van der Waals surface area (Å²) in [6.45, 7) is 0. The highest BCUT2D eigenvalue weighted by molar-refractivity contribution is 6.58. The van der Waals surface area contributed by atoms with Crippen molar-refractivity contribution in [2.75, 3.05) is 0 Å². The second-order valence-electron chi connectivity index (χ2n) is 3.59. The van der Waals surface area contributed by atoms with Crippen molar-refractivity contribution in [2.24, 2.45) is 0 Å². The zero-order valence-electron chi connectivity index (χ0n) is 8.77. The maximum atomic E-state index is 13.5. The summed E-state index contributed by atoms with van der Waals surface area (Å²) in [6, 6.07) is 9.73. The Labute approximate surface area is 97.3 Å². The third-order valence-corrected chi connectivity index (χ3v) is 2.46. The first-order chi connectivity index (χ1) is 8.09. The average Bonchev–Trinajstić information content (AvgIpc) is 2.29. The lowest BCUT2D eigenvalue weighted by molar-refractivity contribution is 0.423. The van der Waals surface area contributed by atoms with Crippen molar-refractivity contribution >= 4 is 12.6 Å². The van der Waals surface area contributed by atoms with Crippen LogP contribution >= 0.6 is 0 Å². The molecule has 0 atom stereocenters. The SMILES string of the molecule is OB(O)c1ccc(-c2ccccc2F)cc1F. The lowest BCUT2D eigenvalue weighted by Gasteiger charge is -2.06. The van der Waals surface area contributed by atoms with Gasteiger partial charge in [-0.3, -0.25) is 0 Å². The van der Waals surface area contributed by atoms with Crippen LogP contribution in [0.15, 0.2) is 42.5 Å². The minimum absolute atomic E-state index is 0.231. The number of hydrogen-bond acceptors (Lipinski definition) is 2.